The minimum absolute atomic E-state index is 0.00341. The Kier molecular flexibility index (Phi) is 4.57. The van der Waals surface area contributed by atoms with E-state index in [1.165, 1.54) is 0 Å². The number of aliphatic hydroxyl groups excluding tert-OH is 1. The smallest absolute Gasteiger partial charge is 0.326 e. The lowest BCUT2D eigenvalue weighted by Gasteiger charge is -2.30. The van der Waals surface area contributed by atoms with Crippen LogP contribution in [0.25, 0.3) is 0 Å². The lowest BCUT2D eigenvalue weighted by Crippen LogP contribution is -2.49. The van der Waals surface area contributed by atoms with Gasteiger partial charge in [0.15, 0.2) is 0 Å². The first-order chi connectivity index (χ1) is 9.63. The van der Waals surface area contributed by atoms with Crippen molar-refractivity contribution in [2.75, 3.05) is 18.1 Å². The SMILES string of the molecule is O=C(O)[C@@H](CCO)NC(=O)N1CCCc2ccccc21. The van der Waals surface area contributed by atoms with E-state index in [4.69, 9.17) is 10.2 Å². The van der Waals surface area contributed by atoms with Crippen LogP contribution in [-0.2, 0) is 11.2 Å². The summed E-state index contributed by atoms with van der Waals surface area (Å²) in [5.41, 5.74) is 1.91. The predicted molar refractivity (Wildman–Crippen MR) is 73.8 cm³/mol. The summed E-state index contributed by atoms with van der Waals surface area (Å²) < 4.78 is 0. The van der Waals surface area contributed by atoms with Gasteiger partial charge in [-0.05, 0) is 24.5 Å². The number of urea groups is 1. The summed E-state index contributed by atoms with van der Waals surface area (Å²) in [4.78, 5) is 24.8. The Morgan fingerprint density at radius 2 is 2.10 bits per heavy atom. The molecule has 1 aromatic rings. The number of benzene rings is 1. The second kappa shape index (κ2) is 6.38. The van der Waals surface area contributed by atoms with Gasteiger partial charge in [-0.2, -0.15) is 0 Å². The van der Waals surface area contributed by atoms with E-state index in [0.717, 1.165) is 24.1 Å². The van der Waals surface area contributed by atoms with Crippen LogP contribution in [-0.4, -0.2) is 41.4 Å². The molecule has 2 amide bonds. The number of nitrogens with zero attached hydrogens (tertiary/aromatic N) is 1. The first-order valence-electron chi connectivity index (χ1n) is 6.63. The highest BCUT2D eigenvalue weighted by atomic mass is 16.4. The monoisotopic (exact) mass is 278 g/mol. The van der Waals surface area contributed by atoms with Crippen molar-refractivity contribution in [3.8, 4) is 0 Å². The molecule has 1 aromatic carbocycles. The van der Waals surface area contributed by atoms with Gasteiger partial charge in [-0.3, -0.25) is 4.90 Å². The molecule has 1 aliphatic heterocycles. The minimum atomic E-state index is -1.14. The summed E-state index contributed by atoms with van der Waals surface area (Å²) in [6, 6.07) is 6.10. The van der Waals surface area contributed by atoms with Crippen molar-refractivity contribution in [3.05, 3.63) is 29.8 Å². The zero-order valence-electron chi connectivity index (χ0n) is 11.1. The number of aliphatic carboxylic acids is 1. The minimum Gasteiger partial charge on any atom is -0.480 e. The fraction of sp³-hybridized carbons (Fsp3) is 0.429. The van der Waals surface area contributed by atoms with E-state index < -0.39 is 18.0 Å². The molecule has 0 unspecified atom stereocenters. The molecule has 0 aliphatic carbocycles. The summed E-state index contributed by atoms with van der Waals surface area (Å²) in [5, 5.41) is 20.3. The summed E-state index contributed by atoms with van der Waals surface area (Å²) in [5.74, 6) is -1.14. The van der Waals surface area contributed by atoms with E-state index in [9.17, 15) is 9.59 Å². The topological polar surface area (TPSA) is 89.9 Å². The predicted octanol–water partition coefficient (Wildman–Crippen LogP) is 0.984. The van der Waals surface area contributed by atoms with Gasteiger partial charge in [0.05, 0.1) is 0 Å². The quantitative estimate of drug-likeness (QED) is 0.766. The van der Waals surface area contributed by atoms with E-state index in [0.29, 0.717) is 6.54 Å². The van der Waals surface area contributed by atoms with Crippen molar-refractivity contribution in [1.29, 1.82) is 0 Å². The van der Waals surface area contributed by atoms with Gasteiger partial charge in [-0.15, -0.1) is 0 Å². The third-order valence-electron chi connectivity index (χ3n) is 3.37. The normalized spacial score (nSPS) is 15.3. The number of para-hydroxylation sites is 1. The number of nitrogens with one attached hydrogen (secondary N) is 1. The fourth-order valence-electron chi connectivity index (χ4n) is 2.36. The Bertz CT molecular complexity index is 504. The van der Waals surface area contributed by atoms with E-state index in [-0.39, 0.29) is 13.0 Å². The number of carboxylic acids is 1. The molecule has 20 heavy (non-hydrogen) atoms. The maximum absolute atomic E-state index is 12.2. The van der Waals surface area contributed by atoms with Crippen molar-refractivity contribution >= 4 is 17.7 Å². The Balaban J connectivity index is 2.12. The largest absolute Gasteiger partial charge is 0.480 e. The van der Waals surface area contributed by atoms with Gasteiger partial charge in [0.25, 0.3) is 0 Å². The molecular formula is C14H18N2O4. The molecule has 3 N–H and O–H groups in total. The van der Waals surface area contributed by atoms with Crippen LogP contribution in [0.3, 0.4) is 0 Å². The Morgan fingerprint density at radius 1 is 1.35 bits per heavy atom. The van der Waals surface area contributed by atoms with Gasteiger partial charge in [-0.25, -0.2) is 9.59 Å². The summed E-state index contributed by atoms with van der Waals surface area (Å²) >= 11 is 0. The second-order valence-corrected chi connectivity index (χ2v) is 4.74. The van der Waals surface area contributed by atoms with Gasteiger partial charge in [0.2, 0.25) is 0 Å². The van der Waals surface area contributed by atoms with Crippen LogP contribution in [0.1, 0.15) is 18.4 Å². The molecule has 0 radical (unpaired) electrons. The highest BCUT2D eigenvalue weighted by Gasteiger charge is 2.26. The molecule has 0 aromatic heterocycles. The molecule has 108 valence electrons. The van der Waals surface area contributed by atoms with Crippen molar-refractivity contribution in [1.82, 2.24) is 5.32 Å². The number of rotatable bonds is 4. The summed E-state index contributed by atoms with van der Waals surface area (Å²) in [7, 11) is 0. The molecule has 0 spiro atoms. The number of amides is 2. The average molecular weight is 278 g/mol. The van der Waals surface area contributed by atoms with E-state index >= 15 is 0 Å². The maximum Gasteiger partial charge on any atom is 0.326 e. The molecule has 1 heterocycles. The first kappa shape index (κ1) is 14.3. The van der Waals surface area contributed by atoms with E-state index in [2.05, 4.69) is 5.32 Å². The van der Waals surface area contributed by atoms with E-state index in [1.807, 2.05) is 24.3 Å². The van der Waals surface area contributed by atoms with Crippen LogP contribution in [0.5, 0.6) is 0 Å². The highest BCUT2D eigenvalue weighted by Crippen LogP contribution is 2.26. The van der Waals surface area contributed by atoms with Crippen LogP contribution in [0.15, 0.2) is 24.3 Å². The number of carbonyl (C=O) groups excluding carboxylic acids is 1. The van der Waals surface area contributed by atoms with Crippen molar-refractivity contribution < 1.29 is 19.8 Å². The molecule has 0 bridgehead atoms. The van der Waals surface area contributed by atoms with Crippen LogP contribution in [0.4, 0.5) is 10.5 Å². The van der Waals surface area contributed by atoms with Gasteiger partial charge in [-0.1, -0.05) is 18.2 Å². The molecule has 1 atom stereocenters. The number of hydrogen-bond donors (Lipinski definition) is 3. The molecule has 0 saturated heterocycles. The fourth-order valence-corrected chi connectivity index (χ4v) is 2.36. The van der Waals surface area contributed by atoms with Gasteiger partial charge >= 0.3 is 12.0 Å². The molecular weight excluding hydrogens is 260 g/mol. The summed E-state index contributed by atoms with van der Waals surface area (Å²) in [6.07, 6.45) is 1.76. The number of aryl methyl sites for hydroxylation is 1. The number of hydrogen-bond acceptors (Lipinski definition) is 3. The highest BCUT2D eigenvalue weighted by molar-refractivity contribution is 5.95. The van der Waals surface area contributed by atoms with E-state index in [1.54, 1.807) is 4.90 Å². The number of aliphatic hydroxyl groups is 1. The molecule has 0 fully saturated rings. The Labute approximate surface area is 117 Å². The maximum atomic E-state index is 12.2. The third kappa shape index (κ3) is 3.08. The second-order valence-electron chi connectivity index (χ2n) is 4.74. The van der Waals surface area contributed by atoms with Crippen LogP contribution >= 0.6 is 0 Å². The van der Waals surface area contributed by atoms with Gasteiger partial charge in [0.1, 0.15) is 6.04 Å². The number of carboxylic acid groups (broad SMARTS) is 1. The van der Waals surface area contributed by atoms with Gasteiger partial charge < -0.3 is 15.5 Å². The molecule has 0 saturated carbocycles. The molecule has 2 rings (SSSR count). The first-order valence-corrected chi connectivity index (χ1v) is 6.63. The molecule has 1 aliphatic rings. The molecule has 6 heteroatoms. The Morgan fingerprint density at radius 3 is 2.80 bits per heavy atom. The standard InChI is InChI=1S/C14H18N2O4/c17-9-7-11(13(18)19)15-14(20)16-8-3-5-10-4-1-2-6-12(10)16/h1-2,4,6,11,17H,3,5,7-9H2,(H,15,20)(H,18,19)/t11-/m1/s1. The lowest BCUT2D eigenvalue weighted by atomic mass is 10.0. The van der Waals surface area contributed by atoms with Gasteiger partial charge in [0, 0.05) is 25.3 Å². The van der Waals surface area contributed by atoms with Crippen molar-refractivity contribution in [3.63, 3.8) is 0 Å². The zero-order chi connectivity index (χ0) is 14.5. The number of fused-ring (bicyclic) bond motifs is 1. The average Bonchev–Trinajstić information content (AvgIpc) is 2.46. The van der Waals surface area contributed by atoms with Crippen LogP contribution < -0.4 is 10.2 Å². The Hall–Kier alpha value is -2.08. The number of carbonyl (C=O) groups is 2. The molecule has 6 nitrogen and oxygen atoms in total. The van der Waals surface area contributed by atoms with Crippen LogP contribution in [0, 0.1) is 0 Å². The number of anilines is 1. The van der Waals surface area contributed by atoms with Crippen LogP contribution in [0.2, 0.25) is 0 Å². The van der Waals surface area contributed by atoms with Crippen molar-refractivity contribution in [2.45, 2.75) is 25.3 Å². The third-order valence-corrected chi connectivity index (χ3v) is 3.37. The van der Waals surface area contributed by atoms with Crippen molar-refractivity contribution in [2.24, 2.45) is 0 Å². The lowest BCUT2D eigenvalue weighted by molar-refractivity contribution is -0.139. The summed E-state index contributed by atoms with van der Waals surface area (Å²) in [6.45, 7) is 0.280. The zero-order valence-corrected chi connectivity index (χ0v) is 11.1.